The highest BCUT2D eigenvalue weighted by Crippen LogP contribution is 2.71. The molecule has 0 aromatic carbocycles. The Morgan fingerprint density at radius 1 is 1.21 bits per heavy atom. The van der Waals surface area contributed by atoms with Crippen molar-refractivity contribution in [2.45, 2.75) is 77.2 Å². The van der Waals surface area contributed by atoms with Crippen LogP contribution in [0.1, 0.15) is 71.6 Å². The molecule has 2 bridgehead atoms. The van der Waals surface area contributed by atoms with E-state index in [9.17, 15) is 14.7 Å². The predicted octanol–water partition coefficient (Wildman–Crippen LogP) is 4.58. The van der Waals surface area contributed by atoms with Crippen LogP contribution in [0.5, 0.6) is 0 Å². The first-order valence-electron chi connectivity index (χ1n) is 10.8. The van der Waals surface area contributed by atoms with Crippen LogP contribution in [0.4, 0.5) is 0 Å². The fourth-order valence-electron chi connectivity index (χ4n) is 7.75. The standard InChI is InChI=1S/C23H33BrO4/c1-15-18(25)22-10-6-16-20(2,17(22)7-11-23(15,27)14-22)8-4-9-21(16,3)19(26)28-13-5-12-24/h16-17,27H,1,4-14H2,2-3H3/t16-,17-,20+,21+,22+,23+/m0/s1. The van der Waals surface area contributed by atoms with Crippen LogP contribution in [0.15, 0.2) is 12.2 Å². The molecule has 4 aliphatic rings. The van der Waals surface area contributed by atoms with Gasteiger partial charge in [0.2, 0.25) is 0 Å². The van der Waals surface area contributed by atoms with Crippen molar-refractivity contribution >= 4 is 27.7 Å². The normalized spacial score (nSPS) is 47.4. The maximum absolute atomic E-state index is 13.3. The van der Waals surface area contributed by atoms with E-state index >= 15 is 0 Å². The maximum Gasteiger partial charge on any atom is 0.312 e. The quantitative estimate of drug-likeness (QED) is 0.293. The second-order valence-electron chi connectivity index (χ2n) is 10.3. The SMILES string of the molecule is C=C1C(=O)[C@@]23CC[C@H]4[C@@](C)(CCC[C@@]4(C)C(=O)OCCCBr)[C@@H]2CC[C@@]1(O)C3. The Balaban J connectivity index is 1.66. The Morgan fingerprint density at radius 3 is 2.64 bits per heavy atom. The summed E-state index contributed by atoms with van der Waals surface area (Å²) in [6.45, 7) is 8.85. The number of alkyl halides is 1. The predicted molar refractivity (Wildman–Crippen MR) is 111 cm³/mol. The lowest BCUT2D eigenvalue weighted by Gasteiger charge is -2.63. The van der Waals surface area contributed by atoms with Gasteiger partial charge in [-0.1, -0.05) is 35.9 Å². The molecule has 4 aliphatic carbocycles. The van der Waals surface area contributed by atoms with Gasteiger partial charge in [-0.15, -0.1) is 0 Å². The molecule has 4 saturated carbocycles. The van der Waals surface area contributed by atoms with E-state index in [0.717, 1.165) is 50.3 Å². The van der Waals surface area contributed by atoms with E-state index in [2.05, 4.69) is 36.4 Å². The minimum absolute atomic E-state index is 0.0604. The van der Waals surface area contributed by atoms with Gasteiger partial charge in [-0.3, -0.25) is 9.59 Å². The smallest absolute Gasteiger partial charge is 0.312 e. The Bertz CT molecular complexity index is 719. The van der Waals surface area contributed by atoms with Gasteiger partial charge < -0.3 is 9.84 Å². The average molecular weight is 453 g/mol. The van der Waals surface area contributed by atoms with Gasteiger partial charge in [0.1, 0.15) is 0 Å². The number of hydrogen-bond acceptors (Lipinski definition) is 4. The molecule has 4 fully saturated rings. The van der Waals surface area contributed by atoms with Gasteiger partial charge in [0.25, 0.3) is 0 Å². The molecule has 0 radical (unpaired) electrons. The van der Waals surface area contributed by atoms with E-state index in [1.54, 1.807) is 0 Å². The van der Waals surface area contributed by atoms with E-state index in [-0.39, 0.29) is 29.0 Å². The van der Waals surface area contributed by atoms with Crippen molar-refractivity contribution in [3.63, 3.8) is 0 Å². The molecular weight excluding hydrogens is 420 g/mol. The molecule has 0 aliphatic heterocycles. The molecule has 1 spiro atoms. The zero-order chi connectivity index (χ0) is 20.4. The first kappa shape index (κ1) is 20.6. The zero-order valence-electron chi connectivity index (χ0n) is 17.2. The summed E-state index contributed by atoms with van der Waals surface area (Å²) in [6, 6.07) is 0. The van der Waals surface area contributed by atoms with Crippen LogP contribution in [-0.4, -0.2) is 34.4 Å². The minimum atomic E-state index is -0.997. The number of carbonyl (C=O) groups is 2. The van der Waals surface area contributed by atoms with E-state index in [1.807, 2.05) is 0 Å². The number of aliphatic hydroxyl groups is 1. The number of halogens is 1. The molecule has 28 heavy (non-hydrogen) atoms. The summed E-state index contributed by atoms with van der Waals surface area (Å²) in [6.07, 6.45) is 7.36. The van der Waals surface area contributed by atoms with Crippen LogP contribution < -0.4 is 0 Å². The van der Waals surface area contributed by atoms with Gasteiger partial charge >= 0.3 is 5.97 Å². The summed E-state index contributed by atoms with van der Waals surface area (Å²) in [5.41, 5.74) is -1.57. The van der Waals surface area contributed by atoms with Crippen molar-refractivity contribution in [2.24, 2.45) is 28.1 Å². The van der Waals surface area contributed by atoms with Gasteiger partial charge in [-0.2, -0.15) is 0 Å². The summed E-state index contributed by atoms with van der Waals surface area (Å²) in [5.74, 6) is 0.494. The number of carbonyl (C=O) groups excluding carboxylic acids is 2. The lowest BCUT2D eigenvalue weighted by Crippen LogP contribution is -2.60. The van der Waals surface area contributed by atoms with E-state index in [0.29, 0.717) is 25.0 Å². The average Bonchev–Trinajstić information content (AvgIpc) is 2.78. The molecule has 4 nitrogen and oxygen atoms in total. The molecular formula is C23H33BrO4. The molecule has 0 unspecified atom stereocenters. The number of esters is 1. The molecule has 0 aromatic heterocycles. The highest BCUT2D eigenvalue weighted by atomic mass is 79.9. The lowest BCUT2D eigenvalue weighted by atomic mass is 9.40. The molecule has 4 rings (SSSR count). The highest BCUT2D eigenvalue weighted by Gasteiger charge is 2.71. The highest BCUT2D eigenvalue weighted by molar-refractivity contribution is 9.09. The molecule has 156 valence electrons. The summed E-state index contributed by atoms with van der Waals surface area (Å²) >= 11 is 3.39. The van der Waals surface area contributed by atoms with Crippen molar-refractivity contribution in [2.75, 3.05) is 11.9 Å². The molecule has 6 atom stereocenters. The third kappa shape index (κ3) is 2.57. The number of ether oxygens (including phenoxy) is 1. The molecule has 0 aromatic rings. The Labute approximate surface area is 176 Å². The van der Waals surface area contributed by atoms with Crippen LogP contribution in [0.2, 0.25) is 0 Å². The maximum atomic E-state index is 13.3. The van der Waals surface area contributed by atoms with E-state index in [4.69, 9.17) is 4.74 Å². The molecule has 1 N–H and O–H groups in total. The van der Waals surface area contributed by atoms with Crippen LogP contribution in [0.25, 0.3) is 0 Å². The number of ketones is 1. The monoisotopic (exact) mass is 452 g/mol. The fourth-order valence-corrected chi connectivity index (χ4v) is 7.98. The van der Waals surface area contributed by atoms with Crippen LogP contribution >= 0.6 is 15.9 Å². The molecule has 0 amide bonds. The second kappa shape index (κ2) is 6.66. The number of rotatable bonds is 4. The van der Waals surface area contributed by atoms with Gasteiger partial charge in [0, 0.05) is 16.3 Å². The van der Waals surface area contributed by atoms with Crippen LogP contribution in [0.3, 0.4) is 0 Å². The van der Waals surface area contributed by atoms with Gasteiger partial charge in [-0.25, -0.2) is 0 Å². The number of hydrogen-bond donors (Lipinski definition) is 1. The van der Waals surface area contributed by atoms with Gasteiger partial charge in [0.15, 0.2) is 5.78 Å². The Hall–Kier alpha value is -0.680. The number of fused-ring (bicyclic) bond motifs is 3. The van der Waals surface area contributed by atoms with E-state index in [1.165, 1.54) is 0 Å². The molecule has 0 heterocycles. The largest absolute Gasteiger partial charge is 0.465 e. The first-order valence-corrected chi connectivity index (χ1v) is 12.0. The summed E-state index contributed by atoms with van der Waals surface area (Å²) in [4.78, 5) is 26.4. The van der Waals surface area contributed by atoms with Crippen molar-refractivity contribution in [3.8, 4) is 0 Å². The van der Waals surface area contributed by atoms with Crippen molar-refractivity contribution in [1.82, 2.24) is 0 Å². The fraction of sp³-hybridized carbons (Fsp3) is 0.826. The molecule has 5 heteroatoms. The van der Waals surface area contributed by atoms with Crippen LogP contribution in [-0.2, 0) is 14.3 Å². The summed E-state index contributed by atoms with van der Waals surface area (Å²) in [7, 11) is 0. The van der Waals surface area contributed by atoms with E-state index < -0.39 is 16.4 Å². The minimum Gasteiger partial charge on any atom is -0.465 e. The third-order valence-electron chi connectivity index (χ3n) is 9.04. The lowest BCUT2D eigenvalue weighted by molar-refractivity contribution is -0.191. The Morgan fingerprint density at radius 2 is 1.93 bits per heavy atom. The van der Waals surface area contributed by atoms with Crippen LogP contribution in [0, 0.1) is 28.1 Å². The molecule has 0 saturated heterocycles. The third-order valence-corrected chi connectivity index (χ3v) is 9.60. The second-order valence-corrected chi connectivity index (χ2v) is 11.1. The van der Waals surface area contributed by atoms with Crippen molar-refractivity contribution in [3.05, 3.63) is 12.2 Å². The van der Waals surface area contributed by atoms with Gasteiger partial charge in [0.05, 0.1) is 17.6 Å². The summed E-state index contributed by atoms with van der Waals surface area (Å²) < 4.78 is 5.68. The Kier molecular flexibility index (Phi) is 4.90. The first-order chi connectivity index (χ1) is 13.1. The topological polar surface area (TPSA) is 63.6 Å². The van der Waals surface area contributed by atoms with Crippen molar-refractivity contribution < 1.29 is 19.4 Å². The van der Waals surface area contributed by atoms with Gasteiger partial charge in [-0.05, 0) is 75.5 Å². The summed E-state index contributed by atoms with van der Waals surface area (Å²) in [5, 5.41) is 11.8. The number of Topliss-reactive ketones (excluding diaryl/α,β-unsaturated/α-hetero) is 1. The van der Waals surface area contributed by atoms with Crippen molar-refractivity contribution in [1.29, 1.82) is 0 Å². The zero-order valence-corrected chi connectivity index (χ0v) is 18.8.